The van der Waals surface area contributed by atoms with Gasteiger partial charge >= 0.3 is 0 Å². The Kier molecular flexibility index (Phi) is 6.75. The Morgan fingerprint density at radius 1 is 0.828 bits per heavy atom. The van der Waals surface area contributed by atoms with Crippen molar-refractivity contribution < 1.29 is 14.3 Å². The van der Waals surface area contributed by atoms with E-state index in [-0.39, 0.29) is 16.8 Å². The molecular weight excluding hydrogens is 411 g/mol. The van der Waals surface area contributed by atoms with Crippen molar-refractivity contribution >= 4 is 46.4 Å². The normalized spacial score (nSPS) is 10.3. The summed E-state index contributed by atoms with van der Waals surface area (Å²) in [6.45, 7) is 2.47. The highest BCUT2D eigenvalue weighted by molar-refractivity contribution is 6.37. The van der Waals surface area contributed by atoms with Crippen LogP contribution >= 0.6 is 23.2 Å². The van der Waals surface area contributed by atoms with Crippen molar-refractivity contribution in [2.24, 2.45) is 0 Å². The molecule has 0 aliphatic rings. The molecule has 0 saturated heterocycles. The summed E-state index contributed by atoms with van der Waals surface area (Å²) in [5.41, 5.74) is 2.01. The zero-order valence-electron chi connectivity index (χ0n) is 15.5. The third-order valence-electron chi connectivity index (χ3n) is 4.00. The van der Waals surface area contributed by atoms with Crippen LogP contribution in [0.15, 0.2) is 66.7 Å². The number of rotatable bonds is 6. The highest BCUT2D eigenvalue weighted by Gasteiger charge is 2.11. The molecule has 0 saturated carbocycles. The van der Waals surface area contributed by atoms with Crippen LogP contribution in [0.4, 0.5) is 11.4 Å². The first kappa shape index (κ1) is 20.7. The zero-order valence-corrected chi connectivity index (χ0v) is 17.1. The Morgan fingerprint density at radius 2 is 1.41 bits per heavy atom. The van der Waals surface area contributed by atoms with Crippen molar-refractivity contribution in [2.45, 2.75) is 6.92 Å². The summed E-state index contributed by atoms with van der Waals surface area (Å²) < 4.78 is 5.37. The van der Waals surface area contributed by atoms with Gasteiger partial charge in [0.25, 0.3) is 11.8 Å². The largest absolute Gasteiger partial charge is 0.494 e. The van der Waals surface area contributed by atoms with Gasteiger partial charge in [0, 0.05) is 22.0 Å². The minimum atomic E-state index is -0.349. The fourth-order valence-corrected chi connectivity index (χ4v) is 3.08. The maximum absolute atomic E-state index is 12.3. The Labute approximate surface area is 178 Å². The number of benzene rings is 3. The van der Waals surface area contributed by atoms with Crippen LogP contribution in [0.25, 0.3) is 0 Å². The van der Waals surface area contributed by atoms with E-state index in [0.717, 1.165) is 0 Å². The number of amides is 2. The fraction of sp³-hybridized carbons (Fsp3) is 0.0909. The summed E-state index contributed by atoms with van der Waals surface area (Å²) >= 11 is 11.9. The van der Waals surface area contributed by atoms with Gasteiger partial charge in [0.2, 0.25) is 0 Å². The molecule has 0 fully saturated rings. The Bertz CT molecular complexity index is 1020. The van der Waals surface area contributed by atoms with Crippen LogP contribution in [0.3, 0.4) is 0 Å². The Hall–Kier alpha value is -3.02. The van der Waals surface area contributed by atoms with Gasteiger partial charge < -0.3 is 15.4 Å². The van der Waals surface area contributed by atoms with Crippen LogP contribution < -0.4 is 15.4 Å². The molecule has 0 spiro atoms. The SMILES string of the molecule is CCOc1ccc(C(=O)Nc2ccc(NC(=O)c3ccc(Cl)cc3Cl)cc2)cc1. The fourth-order valence-electron chi connectivity index (χ4n) is 2.58. The number of ether oxygens (including phenoxy) is 1. The lowest BCUT2D eigenvalue weighted by molar-refractivity contribution is 0.101. The zero-order chi connectivity index (χ0) is 20.8. The summed E-state index contributed by atoms with van der Waals surface area (Å²) in [6, 6.07) is 18.3. The Balaban J connectivity index is 1.62. The highest BCUT2D eigenvalue weighted by atomic mass is 35.5. The lowest BCUT2D eigenvalue weighted by atomic mass is 10.2. The summed E-state index contributed by atoms with van der Waals surface area (Å²) in [6.07, 6.45) is 0. The molecule has 3 rings (SSSR count). The standard InChI is InChI=1S/C22H18Cl2N2O3/c1-2-29-18-10-3-14(4-11-18)21(27)25-16-6-8-17(9-7-16)26-22(28)19-12-5-15(23)13-20(19)24/h3-13H,2H2,1H3,(H,25,27)(H,26,28). The molecule has 148 valence electrons. The number of nitrogens with one attached hydrogen (secondary N) is 2. The molecular formula is C22H18Cl2N2O3. The van der Waals surface area contributed by atoms with Crippen molar-refractivity contribution in [3.05, 3.63) is 87.9 Å². The molecule has 0 aliphatic carbocycles. The van der Waals surface area contributed by atoms with Crippen LogP contribution in [0.1, 0.15) is 27.6 Å². The first-order valence-corrected chi connectivity index (χ1v) is 9.62. The molecule has 2 amide bonds. The number of halogens is 2. The van der Waals surface area contributed by atoms with Crippen LogP contribution in [-0.4, -0.2) is 18.4 Å². The van der Waals surface area contributed by atoms with Crippen molar-refractivity contribution in [2.75, 3.05) is 17.2 Å². The second kappa shape index (κ2) is 9.45. The predicted molar refractivity (Wildman–Crippen MR) is 116 cm³/mol. The molecule has 0 heterocycles. The third kappa shape index (κ3) is 5.50. The molecule has 0 aliphatic heterocycles. The van der Waals surface area contributed by atoms with E-state index in [4.69, 9.17) is 27.9 Å². The minimum Gasteiger partial charge on any atom is -0.494 e. The molecule has 0 unspecified atom stereocenters. The highest BCUT2D eigenvalue weighted by Crippen LogP contribution is 2.23. The first-order valence-electron chi connectivity index (χ1n) is 8.87. The van der Waals surface area contributed by atoms with E-state index in [1.54, 1.807) is 60.7 Å². The van der Waals surface area contributed by atoms with E-state index in [1.807, 2.05) is 6.92 Å². The summed E-state index contributed by atoms with van der Waals surface area (Å²) in [5, 5.41) is 6.29. The minimum absolute atomic E-state index is 0.238. The molecule has 7 heteroatoms. The number of hydrogen-bond acceptors (Lipinski definition) is 3. The molecule has 29 heavy (non-hydrogen) atoms. The van der Waals surface area contributed by atoms with Crippen molar-refractivity contribution in [3.8, 4) is 5.75 Å². The number of anilines is 2. The van der Waals surface area contributed by atoms with Crippen LogP contribution in [0.2, 0.25) is 10.0 Å². The van der Waals surface area contributed by atoms with Gasteiger partial charge in [-0.15, -0.1) is 0 Å². The summed E-state index contributed by atoms with van der Waals surface area (Å²) in [4.78, 5) is 24.7. The second-order valence-electron chi connectivity index (χ2n) is 6.07. The number of hydrogen-bond donors (Lipinski definition) is 2. The lowest BCUT2D eigenvalue weighted by Crippen LogP contribution is -2.13. The molecule has 2 N–H and O–H groups in total. The number of carbonyl (C=O) groups is 2. The van der Waals surface area contributed by atoms with E-state index in [2.05, 4.69) is 10.6 Å². The average Bonchev–Trinajstić information content (AvgIpc) is 2.70. The maximum Gasteiger partial charge on any atom is 0.257 e. The van der Waals surface area contributed by atoms with Gasteiger partial charge in [0.1, 0.15) is 5.75 Å². The predicted octanol–water partition coefficient (Wildman–Crippen LogP) is 5.90. The van der Waals surface area contributed by atoms with Crippen LogP contribution in [0.5, 0.6) is 5.75 Å². The molecule has 0 atom stereocenters. The molecule has 5 nitrogen and oxygen atoms in total. The van der Waals surface area contributed by atoms with Gasteiger partial charge in [0.05, 0.1) is 17.2 Å². The molecule has 0 bridgehead atoms. The van der Waals surface area contributed by atoms with E-state index < -0.39 is 0 Å². The number of carbonyl (C=O) groups excluding carboxylic acids is 2. The van der Waals surface area contributed by atoms with Gasteiger partial charge in [-0.1, -0.05) is 23.2 Å². The first-order chi connectivity index (χ1) is 14.0. The third-order valence-corrected chi connectivity index (χ3v) is 4.55. The van der Waals surface area contributed by atoms with E-state index in [0.29, 0.717) is 39.9 Å². The smallest absolute Gasteiger partial charge is 0.257 e. The van der Waals surface area contributed by atoms with Crippen molar-refractivity contribution in [1.82, 2.24) is 0 Å². The second-order valence-corrected chi connectivity index (χ2v) is 6.91. The molecule has 3 aromatic rings. The molecule has 3 aromatic carbocycles. The van der Waals surface area contributed by atoms with Gasteiger partial charge in [-0.05, 0) is 73.7 Å². The monoisotopic (exact) mass is 428 g/mol. The van der Waals surface area contributed by atoms with Crippen LogP contribution in [-0.2, 0) is 0 Å². The quantitative estimate of drug-likeness (QED) is 0.513. The van der Waals surface area contributed by atoms with Gasteiger partial charge in [-0.25, -0.2) is 0 Å². The van der Waals surface area contributed by atoms with Crippen molar-refractivity contribution in [3.63, 3.8) is 0 Å². The average molecular weight is 429 g/mol. The van der Waals surface area contributed by atoms with E-state index in [9.17, 15) is 9.59 Å². The molecule has 0 aromatic heterocycles. The lowest BCUT2D eigenvalue weighted by Gasteiger charge is -2.09. The van der Waals surface area contributed by atoms with E-state index in [1.165, 1.54) is 6.07 Å². The van der Waals surface area contributed by atoms with Gasteiger partial charge in [0.15, 0.2) is 0 Å². The summed E-state index contributed by atoms with van der Waals surface area (Å²) in [5.74, 6) is 0.126. The van der Waals surface area contributed by atoms with Gasteiger partial charge in [-0.3, -0.25) is 9.59 Å². The van der Waals surface area contributed by atoms with Crippen LogP contribution in [0, 0.1) is 0 Å². The maximum atomic E-state index is 12.3. The van der Waals surface area contributed by atoms with Crippen molar-refractivity contribution in [1.29, 1.82) is 0 Å². The molecule has 0 radical (unpaired) electrons. The Morgan fingerprint density at radius 3 is 1.97 bits per heavy atom. The summed E-state index contributed by atoms with van der Waals surface area (Å²) in [7, 11) is 0. The van der Waals surface area contributed by atoms with E-state index >= 15 is 0 Å². The van der Waals surface area contributed by atoms with Gasteiger partial charge in [-0.2, -0.15) is 0 Å². The topological polar surface area (TPSA) is 67.4 Å².